The molecular formula is C24H24N4O2S. The maximum absolute atomic E-state index is 13.3. The summed E-state index contributed by atoms with van der Waals surface area (Å²) in [5, 5.41) is 5.02. The van der Waals surface area contributed by atoms with Gasteiger partial charge in [0.2, 0.25) is 0 Å². The van der Waals surface area contributed by atoms with Gasteiger partial charge in [-0.2, -0.15) is 0 Å². The van der Waals surface area contributed by atoms with Crippen LogP contribution in [0.5, 0.6) is 0 Å². The van der Waals surface area contributed by atoms with E-state index in [0.29, 0.717) is 18.7 Å². The van der Waals surface area contributed by atoms with Crippen molar-refractivity contribution in [1.29, 1.82) is 0 Å². The molecule has 2 amide bonds. The maximum Gasteiger partial charge on any atom is 0.261 e. The van der Waals surface area contributed by atoms with Crippen molar-refractivity contribution in [2.24, 2.45) is 0 Å². The van der Waals surface area contributed by atoms with Gasteiger partial charge >= 0.3 is 0 Å². The Morgan fingerprint density at radius 3 is 2.81 bits per heavy atom. The quantitative estimate of drug-likeness (QED) is 0.685. The van der Waals surface area contributed by atoms with E-state index in [1.165, 1.54) is 11.3 Å². The van der Waals surface area contributed by atoms with Gasteiger partial charge in [0, 0.05) is 49.8 Å². The van der Waals surface area contributed by atoms with Gasteiger partial charge in [-0.1, -0.05) is 24.3 Å². The molecule has 1 N–H and O–H groups in total. The highest BCUT2D eigenvalue weighted by Crippen LogP contribution is 2.35. The Morgan fingerprint density at radius 1 is 1.10 bits per heavy atom. The number of benzene rings is 1. The van der Waals surface area contributed by atoms with Gasteiger partial charge in [0.05, 0.1) is 10.4 Å². The zero-order valence-corrected chi connectivity index (χ0v) is 17.9. The Labute approximate surface area is 185 Å². The number of carbonyl (C=O) groups is 2. The summed E-state index contributed by atoms with van der Waals surface area (Å²) in [6.45, 7) is 2.03. The van der Waals surface area contributed by atoms with Crippen molar-refractivity contribution >= 4 is 28.8 Å². The van der Waals surface area contributed by atoms with E-state index in [0.717, 1.165) is 35.5 Å². The van der Waals surface area contributed by atoms with Gasteiger partial charge in [0.15, 0.2) is 0 Å². The SMILES string of the molecule is O=C(NC[C@@H]1CC[C@H]2CN(C(=O)c3cccnc3)c3ccccc3CN12)c1cccs1. The minimum absolute atomic E-state index is 0.0120. The molecule has 0 unspecified atom stereocenters. The van der Waals surface area contributed by atoms with Gasteiger partial charge in [-0.25, -0.2) is 0 Å². The van der Waals surface area contributed by atoms with Gasteiger partial charge in [-0.3, -0.25) is 19.5 Å². The number of hydrogen-bond acceptors (Lipinski definition) is 5. The molecular weight excluding hydrogens is 408 g/mol. The van der Waals surface area contributed by atoms with E-state index in [-0.39, 0.29) is 23.9 Å². The fourth-order valence-corrected chi connectivity index (χ4v) is 5.28. The Morgan fingerprint density at radius 2 is 2.00 bits per heavy atom. The molecule has 2 atom stereocenters. The second-order valence-corrected chi connectivity index (χ2v) is 8.98. The van der Waals surface area contributed by atoms with Crippen molar-refractivity contribution in [3.8, 4) is 0 Å². The first-order valence-corrected chi connectivity index (χ1v) is 11.5. The lowest BCUT2D eigenvalue weighted by Crippen LogP contribution is -2.45. The summed E-state index contributed by atoms with van der Waals surface area (Å²) in [5.74, 6) is -0.0288. The fraction of sp³-hybridized carbons (Fsp3) is 0.292. The van der Waals surface area contributed by atoms with Crippen molar-refractivity contribution in [2.45, 2.75) is 31.5 Å². The average molecular weight is 433 g/mol. The van der Waals surface area contributed by atoms with Crippen LogP contribution in [0.3, 0.4) is 0 Å². The number of nitrogens with one attached hydrogen (secondary N) is 1. The summed E-state index contributed by atoms with van der Waals surface area (Å²) in [6, 6.07) is 16.0. The van der Waals surface area contributed by atoms with Gasteiger partial charge in [-0.15, -0.1) is 11.3 Å². The highest BCUT2D eigenvalue weighted by Gasteiger charge is 2.39. The summed E-state index contributed by atoms with van der Waals surface area (Å²) in [7, 11) is 0. The molecule has 2 aliphatic rings. The molecule has 1 saturated heterocycles. The lowest BCUT2D eigenvalue weighted by molar-refractivity contribution is 0.0938. The van der Waals surface area contributed by atoms with E-state index in [2.05, 4.69) is 21.3 Å². The van der Waals surface area contributed by atoms with Crippen molar-refractivity contribution in [3.63, 3.8) is 0 Å². The van der Waals surface area contributed by atoms with Crippen molar-refractivity contribution in [3.05, 3.63) is 82.3 Å². The number of para-hydroxylation sites is 1. The first-order chi connectivity index (χ1) is 15.2. The van der Waals surface area contributed by atoms with E-state index >= 15 is 0 Å². The minimum atomic E-state index is -0.0168. The molecule has 1 fully saturated rings. The van der Waals surface area contributed by atoms with E-state index in [1.54, 1.807) is 18.5 Å². The van der Waals surface area contributed by atoms with Crippen LogP contribution in [0.4, 0.5) is 5.69 Å². The van der Waals surface area contributed by atoms with Crippen LogP contribution in [0.25, 0.3) is 0 Å². The highest BCUT2D eigenvalue weighted by atomic mass is 32.1. The minimum Gasteiger partial charge on any atom is -0.350 e. The predicted octanol–water partition coefficient (Wildman–Crippen LogP) is 3.57. The molecule has 0 bridgehead atoms. The van der Waals surface area contributed by atoms with Crippen LogP contribution in [0.1, 0.15) is 38.4 Å². The summed E-state index contributed by atoms with van der Waals surface area (Å²) in [6.07, 6.45) is 5.32. The average Bonchev–Trinajstić information content (AvgIpc) is 3.44. The summed E-state index contributed by atoms with van der Waals surface area (Å²) in [5.41, 5.74) is 2.70. The van der Waals surface area contributed by atoms with Gasteiger partial charge in [-0.05, 0) is 48.1 Å². The molecule has 2 aliphatic heterocycles. The lowest BCUT2D eigenvalue weighted by Gasteiger charge is -2.29. The van der Waals surface area contributed by atoms with Crippen molar-refractivity contribution in [2.75, 3.05) is 18.0 Å². The Hall–Kier alpha value is -3.03. The summed E-state index contributed by atoms with van der Waals surface area (Å²) >= 11 is 1.46. The number of pyridine rings is 1. The maximum atomic E-state index is 13.3. The van der Waals surface area contributed by atoms with Gasteiger partial charge in [0.1, 0.15) is 0 Å². The van der Waals surface area contributed by atoms with Crippen LogP contribution in [0.15, 0.2) is 66.3 Å². The molecule has 2 aromatic heterocycles. The molecule has 1 aromatic carbocycles. The number of thiophene rings is 1. The zero-order valence-electron chi connectivity index (χ0n) is 17.1. The van der Waals surface area contributed by atoms with Gasteiger partial charge in [0.25, 0.3) is 11.8 Å². The zero-order chi connectivity index (χ0) is 21.2. The van der Waals surface area contributed by atoms with Crippen LogP contribution in [-0.4, -0.2) is 46.9 Å². The second kappa shape index (κ2) is 8.61. The van der Waals surface area contributed by atoms with Crippen molar-refractivity contribution < 1.29 is 9.59 Å². The van der Waals surface area contributed by atoms with Crippen LogP contribution < -0.4 is 10.2 Å². The van der Waals surface area contributed by atoms with Crippen LogP contribution in [0.2, 0.25) is 0 Å². The molecule has 7 heteroatoms. The molecule has 6 nitrogen and oxygen atoms in total. The largest absolute Gasteiger partial charge is 0.350 e. The third-order valence-corrected chi connectivity index (χ3v) is 7.07. The number of fused-ring (bicyclic) bond motifs is 2. The monoisotopic (exact) mass is 432 g/mol. The number of carbonyl (C=O) groups excluding carboxylic acids is 2. The van der Waals surface area contributed by atoms with Crippen LogP contribution in [-0.2, 0) is 6.54 Å². The third kappa shape index (κ3) is 3.98. The van der Waals surface area contributed by atoms with Crippen LogP contribution in [0, 0.1) is 0 Å². The van der Waals surface area contributed by atoms with E-state index in [4.69, 9.17) is 0 Å². The molecule has 4 heterocycles. The third-order valence-electron chi connectivity index (χ3n) is 6.20. The molecule has 0 aliphatic carbocycles. The highest BCUT2D eigenvalue weighted by molar-refractivity contribution is 7.12. The Balaban J connectivity index is 1.37. The molecule has 31 heavy (non-hydrogen) atoms. The number of nitrogens with zero attached hydrogens (tertiary/aromatic N) is 3. The molecule has 3 aromatic rings. The molecule has 0 saturated carbocycles. The second-order valence-electron chi connectivity index (χ2n) is 8.03. The number of amides is 2. The predicted molar refractivity (Wildman–Crippen MR) is 121 cm³/mol. The number of aromatic nitrogens is 1. The van der Waals surface area contributed by atoms with E-state index in [1.807, 2.05) is 46.7 Å². The number of rotatable bonds is 4. The number of hydrogen-bond donors (Lipinski definition) is 1. The van der Waals surface area contributed by atoms with Gasteiger partial charge < -0.3 is 10.2 Å². The fourth-order valence-electron chi connectivity index (χ4n) is 4.64. The normalized spacial score (nSPS) is 20.6. The molecule has 158 valence electrons. The molecule has 0 radical (unpaired) electrons. The summed E-state index contributed by atoms with van der Waals surface area (Å²) in [4.78, 5) is 35.0. The topological polar surface area (TPSA) is 65.5 Å². The lowest BCUT2D eigenvalue weighted by atomic mass is 10.1. The van der Waals surface area contributed by atoms with Crippen LogP contribution >= 0.6 is 11.3 Å². The first kappa shape index (κ1) is 19.9. The van der Waals surface area contributed by atoms with E-state index < -0.39 is 0 Å². The van der Waals surface area contributed by atoms with E-state index in [9.17, 15) is 9.59 Å². The Kier molecular flexibility index (Phi) is 5.53. The molecule has 5 rings (SSSR count). The van der Waals surface area contributed by atoms with Crippen molar-refractivity contribution in [1.82, 2.24) is 15.2 Å². The Bertz CT molecular complexity index is 1070. The number of anilines is 1. The smallest absolute Gasteiger partial charge is 0.261 e. The standard InChI is InChI=1S/C24H24N4O2S/c29-23(22-8-4-12-31-22)26-14-19-9-10-20-16-28(24(30)17-6-3-11-25-13-17)21-7-2-1-5-18(21)15-27(19)20/h1-8,11-13,19-20H,9-10,14-16H2,(H,26,29)/t19-,20-/m0/s1. The molecule has 0 spiro atoms. The first-order valence-electron chi connectivity index (χ1n) is 10.6. The summed E-state index contributed by atoms with van der Waals surface area (Å²) < 4.78 is 0.